The molecule has 3 heterocycles. The van der Waals surface area contributed by atoms with Crippen LogP contribution in [-0.2, 0) is 28.6 Å². The second kappa shape index (κ2) is 13.2. The first-order chi connectivity index (χ1) is 20.7. The molecule has 0 aromatic heterocycles. The zero-order valence-electron chi connectivity index (χ0n) is 30.2. The predicted octanol–water partition coefficient (Wildman–Crippen LogP) is 4.15. The highest BCUT2D eigenvalue weighted by Crippen LogP contribution is 2.40. The number of nitrogens with zero attached hydrogens (tertiary/aromatic N) is 4. The molecule has 3 fully saturated rings. The topological polar surface area (TPSA) is 153 Å². The lowest BCUT2D eigenvalue weighted by Gasteiger charge is -2.51. The fourth-order valence-electron chi connectivity index (χ4n) is 8.17. The lowest BCUT2D eigenvalue weighted by molar-refractivity contribution is -0.260. The van der Waals surface area contributed by atoms with Gasteiger partial charge in [-0.15, -0.1) is 0 Å². The van der Waals surface area contributed by atoms with Crippen molar-refractivity contribution in [2.45, 2.75) is 173 Å². The molecule has 13 nitrogen and oxygen atoms in total. The molecule has 0 aliphatic carbocycles. The Kier molecular flexibility index (Phi) is 11.1. The van der Waals surface area contributed by atoms with Gasteiger partial charge < -0.3 is 29.8 Å². The van der Waals surface area contributed by atoms with Crippen molar-refractivity contribution in [1.29, 1.82) is 0 Å². The Morgan fingerprint density at radius 3 is 0.826 bits per heavy atom. The molecule has 0 spiro atoms. The SMILES string of the molecule is CC1(C)CC(OC(=O)CN(CC(=O)OC2CC(C)(C)N(O)C(C)(C)C2)CC(=O)OC2CC(C)(C)N(O)C(C)(C)C2)CC(C)(C)N1O. The maximum atomic E-state index is 13.3. The van der Waals surface area contributed by atoms with Gasteiger partial charge in [0.15, 0.2) is 0 Å². The van der Waals surface area contributed by atoms with Gasteiger partial charge in [-0.3, -0.25) is 19.3 Å². The summed E-state index contributed by atoms with van der Waals surface area (Å²) in [5.41, 5.74) is -3.77. The van der Waals surface area contributed by atoms with E-state index in [1.165, 1.54) is 20.1 Å². The average molecular weight is 657 g/mol. The largest absolute Gasteiger partial charge is 0.461 e. The van der Waals surface area contributed by atoms with E-state index in [-0.39, 0.29) is 19.6 Å². The molecule has 266 valence electrons. The third-order valence-corrected chi connectivity index (χ3v) is 9.76. The van der Waals surface area contributed by atoms with Crippen LogP contribution in [0.15, 0.2) is 0 Å². The van der Waals surface area contributed by atoms with E-state index in [0.717, 1.165) is 0 Å². The van der Waals surface area contributed by atoms with Crippen molar-refractivity contribution in [3.63, 3.8) is 0 Å². The Labute approximate surface area is 275 Å². The summed E-state index contributed by atoms with van der Waals surface area (Å²) >= 11 is 0. The molecule has 0 radical (unpaired) electrons. The zero-order valence-corrected chi connectivity index (χ0v) is 30.2. The van der Waals surface area contributed by atoms with Crippen LogP contribution in [0.25, 0.3) is 0 Å². The molecule has 3 aliphatic rings. The molecule has 0 bridgehead atoms. The highest BCUT2D eigenvalue weighted by atomic mass is 16.6. The number of piperidine rings is 3. The summed E-state index contributed by atoms with van der Waals surface area (Å²) in [6.45, 7) is 21.5. The number of esters is 3. The molecule has 0 aromatic carbocycles. The van der Waals surface area contributed by atoms with Crippen LogP contribution in [0.5, 0.6) is 0 Å². The maximum Gasteiger partial charge on any atom is 0.320 e. The van der Waals surface area contributed by atoms with Crippen LogP contribution in [0.3, 0.4) is 0 Å². The molecule has 0 aromatic rings. The van der Waals surface area contributed by atoms with Gasteiger partial charge >= 0.3 is 17.9 Å². The predicted molar refractivity (Wildman–Crippen MR) is 169 cm³/mol. The highest BCUT2D eigenvalue weighted by Gasteiger charge is 2.49. The summed E-state index contributed by atoms with van der Waals surface area (Å²) in [5, 5.41) is 35.8. The zero-order chi connectivity index (χ0) is 35.3. The third kappa shape index (κ3) is 9.18. The van der Waals surface area contributed by atoms with Gasteiger partial charge in [0.25, 0.3) is 0 Å². The normalized spacial score (nSPS) is 26.9. The summed E-state index contributed by atoms with van der Waals surface area (Å²) in [4.78, 5) is 41.2. The van der Waals surface area contributed by atoms with Gasteiger partial charge in [-0.25, -0.2) is 0 Å². The van der Waals surface area contributed by atoms with Crippen molar-refractivity contribution in [2.75, 3.05) is 19.6 Å². The van der Waals surface area contributed by atoms with E-state index in [2.05, 4.69) is 0 Å². The van der Waals surface area contributed by atoms with Gasteiger partial charge in [0, 0.05) is 71.8 Å². The fraction of sp³-hybridized carbons (Fsp3) is 0.909. The molecule has 3 saturated heterocycles. The van der Waals surface area contributed by atoms with Crippen molar-refractivity contribution < 1.29 is 44.2 Å². The molecule has 3 N–H and O–H groups in total. The third-order valence-electron chi connectivity index (χ3n) is 9.76. The number of rotatable bonds is 9. The summed E-state index contributed by atoms with van der Waals surface area (Å²) in [5.74, 6) is -1.80. The number of hydrogen-bond donors (Lipinski definition) is 3. The molecule has 0 amide bonds. The van der Waals surface area contributed by atoms with Crippen LogP contribution < -0.4 is 0 Å². The average Bonchev–Trinajstić information content (AvgIpc) is 2.82. The minimum absolute atomic E-state index is 0.345. The second-order valence-electron chi connectivity index (χ2n) is 17.5. The van der Waals surface area contributed by atoms with Crippen LogP contribution in [0, 0.1) is 0 Å². The fourth-order valence-corrected chi connectivity index (χ4v) is 8.17. The summed E-state index contributed by atoms with van der Waals surface area (Å²) in [6, 6.07) is 0. The van der Waals surface area contributed by atoms with E-state index in [0.29, 0.717) is 38.5 Å². The van der Waals surface area contributed by atoms with E-state index in [1.807, 2.05) is 83.1 Å². The summed E-state index contributed by atoms with van der Waals surface area (Å²) in [7, 11) is 0. The molecule has 3 rings (SSSR count). The molecule has 46 heavy (non-hydrogen) atoms. The van der Waals surface area contributed by atoms with E-state index in [9.17, 15) is 30.0 Å². The van der Waals surface area contributed by atoms with Crippen LogP contribution in [0.4, 0.5) is 0 Å². The minimum Gasteiger partial charge on any atom is -0.461 e. The smallest absolute Gasteiger partial charge is 0.320 e. The molecule has 0 atom stereocenters. The Bertz CT molecular complexity index is 944. The van der Waals surface area contributed by atoms with Crippen molar-refractivity contribution in [1.82, 2.24) is 20.1 Å². The van der Waals surface area contributed by atoms with Crippen LogP contribution in [0.1, 0.15) is 122 Å². The van der Waals surface area contributed by atoms with Crippen LogP contribution in [-0.4, -0.2) is 125 Å². The molecular formula is C33H60N4O9. The van der Waals surface area contributed by atoms with Crippen molar-refractivity contribution >= 4 is 17.9 Å². The maximum absolute atomic E-state index is 13.3. The first kappa shape index (κ1) is 38.6. The summed E-state index contributed by atoms with van der Waals surface area (Å²) in [6.07, 6.45) is 1.05. The number of hydrogen-bond acceptors (Lipinski definition) is 13. The quantitative estimate of drug-likeness (QED) is 0.241. The molecule has 3 aliphatic heterocycles. The number of carbonyl (C=O) groups is 3. The standard InChI is InChI=1S/C33H60N4O9/c1-28(2)13-22(14-29(3,4)35(28)41)44-25(38)19-34(20-26(39)45-23-15-30(5,6)36(42)31(7,8)16-23)21-27(40)46-24-17-32(9,10)37(43)33(11,12)18-24/h22-24,41-43H,13-21H2,1-12H3. The van der Waals surface area contributed by atoms with Crippen molar-refractivity contribution in [2.24, 2.45) is 0 Å². The number of ether oxygens (including phenoxy) is 3. The van der Waals surface area contributed by atoms with Gasteiger partial charge in [0.1, 0.15) is 18.3 Å². The van der Waals surface area contributed by atoms with Gasteiger partial charge in [0.05, 0.1) is 19.6 Å². The summed E-state index contributed by atoms with van der Waals surface area (Å²) < 4.78 is 17.5. The second-order valence-corrected chi connectivity index (χ2v) is 17.5. The van der Waals surface area contributed by atoms with Gasteiger partial charge in [-0.05, 0) is 83.1 Å². The highest BCUT2D eigenvalue weighted by molar-refractivity contribution is 5.78. The number of carbonyl (C=O) groups excluding carboxylic acids is 3. The Hall–Kier alpha value is -1.87. The van der Waals surface area contributed by atoms with Crippen molar-refractivity contribution in [3.05, 3.63) is 0 Å². The van der Waals surface area contributed by atoms with Gasteiger partial charge in [-0.1, -0.05) is 0 Å². The van der Waals surface area contributed by atoms with Crippen LogP contribution in [0.2, 0.25) is 0 Å². The lowest BCUT2D eigenvalue weighted by Crippen LogP contribution is -2.61. The monoisotopic (exact) mass is 656 g/mol. The van der Waals surface area contributed by atoms with E-state index < -0.39 is 69.5 Å². The Morgan fingerprint density at radius 2 is 0.652 bits per heavy atom. The van der Waals surface area contributed by atoms with Gasteiger partial charge in [-0.2, -0.15) is 15.2 Å². The molecule has 0 saturated carbocycles. The first-order valence-corrected chi connectivity index (χ1v) is 16.5. The molecule has 13 heteroatoms. The van der Waals surface area contributed by atoms with Gasteiger partial charge in [0.2, 0.25) is 0 Å². The Morgan fingerprint density at radius 1 is 0.478 bits per heavy atom. The number of hydroxylamine groups is 6. The lowest BCUT2D eigenvalue weighted by atomic mass is 9.80. The van der Waals surface area contributed by atoms with Crippen molar-refractivity contribution in [3.8, 4) is 0 Å². The minimum atomic E-state index is -0.628. The first-order valence-electron chi connectivity index (χ1n) is 16.5. The molecular weight excluding hydrogens is 596 g/mol. The van der Waals surface area contributed by atoms with E-state index in [4.69, 9.17) is 14.2 Å². The molecule has 0 unspecified atom stereocenters. The Balaban J connectivity index is 1.72. The van der Waals surface area contributed by atoms with Crippen LogP contribution >= 0.6 is 0 Å². The van der Waals surface area contributed by atoms with E-state index in [1.54, 1.807) is 0 Å². The van der Waals surface area contributed by atoms with E-state index >= 15 is 0 Å².